The van der Waals surface area contributed by atoms with Crippen molar-refractivity contribution in [1.82, 2.24) is 9.97 Å². The van der Waals surface area contributed by atoms with Gasteiger partial charge < -0.3 is 10.2 Å². The topological polar surface area (TPSA) is 88.8 Å². The van der Waals surface area contributed by atoms with Crippen LogP contribution in [0.5, 0.6) is 0 Å². The van der Waals surface area contributed by atoms with Crippen LogP contribution in [0.3, 0.4) is 0 Å². The number of oxazole rings is 1. The molecule has 0 saturated heterocycles. The maximum atomic E-state index is 7.50. The molecule has 94 valence electrons. The van der Waals surface area contributed by atoms with Crippen LogP contribution in [0.4, 0.5) is 0 Å². The summed E-state index contributed by atoms with van der Waals surface area (Å²) in [5.41, 5.74) is 7.48. The van der Waals surface area contributed by atoms with Crippen LogP contribution in [0.1, 0.15) is 5.69 Å². The third-order valence-electron chi connectivity index (χ3n) is 2.50. The molecule has 2 heterocycles. The van der Waals surface area contributed by atoms with Gasteiger partial charge in [-0.25, -0.2) is 4.98 Å². The fraction of sp³-hybridized carbons (Fsp3) is 0. The molecule has 0 atom stereocenters. The van der Waals surface area contributed by atoms with Gasteiger partial charge in [0, 0.05) is 11.1 Å². The van der Waals surface area contributed by atoms with E-state index in [1.807, 2.05) is 30.3 Å². The van der Waals surface area contributed by atoms with Gasteiger partial charge in [-0.3, -0.25) is 10.4 Å². The SMILES string of the molecule is N=C(N)c1ncccc1Sc1nc2ccccc2o1. The number of fused-ring (bicyclic) bond motifs is 1. The molecule has 0 aliphatic rings. The monoisotopic (exact) mass is 270 g/mol. The van der Waals surface area contributed by atoms with Gasteiger partial charge in [0.1, 0.15) is 17.0 Å². The Morgan fingerprint density at radius 2 is 2.05 bits per heavy atom. The molecule has 0 aliphatic heterocycles. The van der Waals surface area contributed by atoms with Gasteiger partial charge in [0.25, 0.3) is 5.22 Å². The van der Waals surface area contributed by atoms with Gasteiger partial charge >= 0.3 is 0 Å². The molecule has 3 N–H and O–H groups in total. The predicted molar refractivity (Wildman–Crippen MR) is 73.4 cm³/mol. The molecule has 0 radical (unpaired) electrons. The molecule has 0 aliphatic carbocycles. The van der Waals surface area contributed by atoms with E-state index in [2.05, 4.69) is 9.97 Å². The molecule has 6 heteroatoms. The number of nitrogens with zero attached hydrogens (tertiary/aromatic N) is 2. The molecular weight excluding hydrogens is 260 g/mol. The highest BCUT2D eigenvalue weighted by atomic mass is 32.2. The van der Waals surface area contributed by atoms with Gasteiger partial charge in [0.05, 0.1) is 0 Å². The first-order valence-corrected chi connectivity index (χ1v) is 6.38. The number of benzene rings is 1. The van der Waals surface area contributed by atoms with E-state index in [4.69, 9.17) is 15.6 Å². The first-order chi connectivity index (χ1) is 9.24. The van der Waals surface area contributed by atoms with Crippen LogP contribution in [-0.4, -0.2) is 15.8 Å². The van der Waals surface area contributed by atoms with Crippen LogP contribution in [0.2, 0.25) is 0 Å². The smallest absolute Gasteiger partial charge is 0.261 e. The lowest BCUT2D eigenvalue weighted by atomic mass is 10.3. The Balaban J connectivity index is 1.99. The highest BCUT2D eigenvalue weighted by molar-refractivity contribution is 7.99. The number of aromatic nitrogens is 2. The van der Waals surface area contributed by atoms with Crippen LogP contribution in [-0.2, 0) is 0 Å². The lowest BCUT2D eigenvalue weighted by Gasteiger charge is -2.03. The number of hydrogen-bond donors (Lipinski definition) is 2. The van der Waals surface area contributed by atoms with E-state index in [0.717, 1.165) is 16.0 Å². The van der Waals surface area contributed by atoms with E-state index >= 15 is 0 Å². The predicted octanol–water partition coefficient (Wildman–Crippen LogP) is 2.66. The second-order valence-electron chi connectivity index (χ2n) is 3.81. The Morgan fingerprint density at radius 1 is 1.21 bits per heavy atom. The third kappa shape index (κ3) is 2.30. The van der Waals surface area contributed by atoms with E-state index in [9.17, 15) is 0 Å². The van der Waals surface area contributed by atoms with E-state index < -0.39 is 0 Å². The highest BCUT2D eigenvalue weighted by Crippen LogP contribution is 2.31. The number of nitrogens with two attached hydrogens (primary N) is 1. The number of amidine groups is 1. The summed E-state index contributed by atoms with van der Waals surface area (Å²) in [6.45, 7) is 0. The lowest BCUT2D eigenvalue weighted by molar-refractivity contribution is 0.489. The molecule has 0 amide bonds. The highest BCUT2D eigenvalue weighted by Gasteiger charge is 2.12. The van der Waals surface area contributed by atoms with Crippen LogP contribution in [0.15, 0.2) is 57.1 Å². The summed E-state index contributed by atoms with van der Waals surface area (Å²) in [5, 5.41) is 8.01. The first kappa shape index (κ1) is 11.7. The van der Waals surface area contributed by atoms with Gasteiger partial charge in [-0.15, -0.1) is 0 Å². The number of nitrogens with one attached hydrogen (secondary N) is 1. The molecule has 0 fully saturated rings. The number of hydrogen-bond acceptors (Lipinski definition) is 5. The molecule has 0 bridgehead atoms. The van der Waals surface area contributed by atoms with Gasteiger partial charge in [0.15, 0.2) is 5.58 Å². The van der Waals surface area contributed by atoms with Gasteiger partial charge in [-0.05, 0) is 36.0 Å². The van der Waals surface area contributed by atoms with E-state index in [0.29, 0.717) is 10.9 Å². The van der Waals surface area contributed by atoms with Crippen molar-refractivity contribution >= 4 is 28.7 Å². The number of nitrogen functional groups attached to an aromatic ring is 1. The summed E-state index contributed by atoms with van der Waals surface area (Å²) in [6.07, 6.45) is 1.60. The maximum absolute atomic E-state index is 7.50. The quantitative estimate of drug-likeness (QED) is 0.564. The van der Waals surface area contributed by atoms with Crippen LogP contribution < -0.4 is 5.73 Å². The molecule has 0 saturated carbocycles. The molecule has 3 rings (SSSR count). The molecule has 3 aromatic rings. The zero-order valence-corrected chi connectivity index (χ0v) is 10.6. The van der Waals surface area contributed by atoms with E-state index in [1.165, 1.54) is 11.8 Å². The van der Waals surface area contributed by atoms with E-state index in [1.54, 1.807) is 12.3 Å². The minimum absolute atomic E-state index is 0.0702. The van der Waals surface area contributed by atoms with Crippen molar-refractivity contribution in [3.8, 4) is 0 Å². The largest absolute Gasteiger partial charge is 0.431 e. The third-order valence-corrected chi connectivity index (χ3v) is 3.40. The molecular formula is C13H10N4OS. The second kappa shape index (κ2) is 4.74. The second-order valence-corrected chi connectivity index (χ2v) is 4.81. The summed E-state index contributed by atoms with van der Waals surface area (Å²) in [7, 11) is 0. The van der Waals surface area contributed by atoms with Gasteiger partial charge in [-0.1, -0.05) is 12.1 Å². The Hall–Kier alpha value is -2.34. The van der Waals surface area contributed by atoms with Crippen molar-refractivity contribution in [2.75, 3.05) is 0 Å². The minimum Gasteiger partial charge on any atom is -0.431 e. The fourth-order valence-corrected chi connectivity index (χ4v) is 2.53. The molecule has 2 aromatic heterocycles. The Morgan fingerprint density at radius 3 is 2.84 bits per heavy atom. The van der Waals surface area contributed by atoms with Crippen molar-refractivity contribution in [3.05, 3.63) is 48.3 Å². The average Bonchev–Trinajstić information content (AvgIpc) is 2.81. The molecule has 0 spiro atoms. The van der Waals surface area contributed by atoms with Crippen LogP contribution >= 0.6 is 11.8 Å². The maximum Gasteiger partial charge on any atom is 0.261 e. The Kier molecular flexibility index (Phi) is 2.92. The fourth-order valence-electron chi connectivity index (χ4n) is 1.66. The standard InChI is InChI=1S/C13H10N4OS/c14-12(15)11-10(6-3-7-16-11)19-13-17-8-4-1-2-5-9(8)18-13/h1-7H,(H3,14,15). The van der Waals surface area contributed by atoms with E-state index in [-0.39, 0.29) is 5.84 Å². The van der Waals surface area contributed by atoms with Crippen LogP contribution in [0, 0.1) is 5.41 Å². The average molecular weight is 270 g/mol. The van der Waals surface area contributed by atoms with Crippen molar-refractivity contribution in [3.63, 3.8) is 0 Å². The zero-order valence-electron chi connectivity index (χ0n) is 9.83. The summed E-state index contributed by atoms with van der Waals surface area (Å²) >= 11 is 1.31. The molecule has 0 unspecified atom stereocenters. The first-order valence-electron chi connectivity index (χ1n) is 5.57. The van der Waals surface area contributed by atoms with Crippen molar-refractivity contribution in [2.45, 2.75) is 10.1 Å². The number of para-hydroxylation sites is 2. The summed E-state index contributed by atoms with van der Waals surface area (Å²) in [6, 6.07) is 11.2. The Bertz CT molecular complexity index is 720. The number of pyridine rings is 1. The lowest BCUT2D eigenvalue weighted by Crippen LogP contribution is -2.14. The molecule has 19 heavy (non-hydrogen) atoms. The zero-order chi connectivity index (χ0) is 13.2. The van der Waals surface area contributed by atoms with Crippen LogP contribution in [0.25, 0.3) is 11.1 Å². The van der Waals surface area contributed by atoms with Crippen molar-refractivity contribution < 1.29 is 4.42 Å². The Labute approximate surface area is 113 Å². The summed E-state index contributed by atoms with van der Waals surface area (Å²) < 4.78 is 5.62. The molecule has 5 nitrogen and oxygen atoms in total. The molecule has 1 aromatic carbocycles. The summed E-state index contributed by atoms with van der Waals surface area (Å²) in [5.74, 6) is -0.0702. The normalized spacial score (nSPS) is 10.7. The summed E-state index contributed by atoms with van der Waals surface area (Å²) in [4.78, 5) is 9.21. The minimum atomic E-state index is -0.0702. The van der Waals surface area contributed by atoms with Gasteiger partial charge in [0.2, 0.25) is 0 Å². The van der Waals surface area contributed by atoms with Crippen molar-refractivity contribution in [2.24, 2.45) is 5.73 Å². The van der Waals surface area contributed by atoms with Crippen molar-refractivity contribution in [1.29, 1.82) is 5.41 Å². The van der Waals surface area contributed by atoms with Gasteiger partial charge in [-0.2, -0.15) is 0 Å². The number of rotatable bonds is 3.